The summed E-state index contributed by atoms with van der Waals surface area (Å²) in [5.74, 6) is 0.897. The highest BCUT2D eigenvalue weighted by Gasteiger charge is 2.38. The van der Waals surface area contributed by atoms with Gasteiger partial charge in [0.15, 0.2) is 0 Å². The summed E-state index contributed by atoms with van der Waals surface area (Å²) in [6.07, 6.45) is 11.4. The molecule has 0 radical (unpaired) electrons. The van der Waals surface area contributed by atoms with Crippen LogP contribution < -0.4 is 4.74 Å². The van der Waals surface area contributed by atoms with Crippen molar-refractivity contribution in [3.8, 4) is 11.8 Å². The van der Waals surface area contributed by atoms with Gasteiger partial charge in [-0.1, -0.05) is 51.5 Å². The zero-order chi connectivity index (χ0) is 17.4. The molecule has 0 aliphatic heterocycles. The molecule has 1 aromatic rings. The number of nitrogens with zero attached hydrogens (tertiary/aromatic N) is 1. The minimum atomic E-state index is -0.658. The minimum Gasteiger partial charge on any atom is -0.497 e. The molecular formula is C21H30FNO. The number of hydrogen-bond donors (Lipinski definition) is 0. The van der Waals surface area contributed by atoms with Gasteiger partial charge < -0.3 is 4.74 Å². The lowest BCUT2D eigenvalue weighted by molar-refractivity contribution is 0.256. The molecule has 0 spiro atoms. The number of hydrogen-bond acceptors (Lipinski definition) is 2. The standard InChI is InChI=1S/C21H30FNO/c1-3-4-5-6-7-8-17-11-13-21(16-23,14-12-17)19-10-9-18(24-2)15-20(19)22/h9-10,15,17H,3-8,11-14H2,1-2H3. The number of halogens is 1. The lowest BCUT2D eigenvalue weighted by Crippen LogP contribution is -2.31. The lowest BCUT2D eigenvalue weighted by atomic mass is 9.66. The molecule has 1 aliphatic rings. The molecule has 0 aromatic heterocycles. The Hall–Kier alpha value is -1.56. The molecule has 0 amide bonds. The third-order valence-electron chi connectivity index (χ3n) is 5.58. The maximum absolute atomic E-state index is 14.4. The van der Waals surface area contributed by atoms with E-state index in [0.29, 0.717) is 17.2 Å². The highest BCUT2D eigenvalue weighted by molar-refractivity contribution is 5.38. The second-order valence-corrected chi connectivity index (χ2v) is 7.19. The van der Waals surface area contributed by atoms with Gasteiger partial charge in [-0.15, -0.1) is 0 Å². The van der Waals surface area contributed by atoms with Crippen molar-refractivity contribution in [1.82, 2.24) is 0 Å². The van der Waals surface area contributed by atoms with Crippen LogP contribution in [0, 0.1) is 23.1 Å². The molecule has 1 aromatic carbocycles. The first kappa shape index (κ1) is 18.8. The van der Waals surface area contributed by atoms with Crippen LogP contribution in [-0.4, -0.2) is 7.11 Å². The van der Waals surface area contributed by atoms with Crippen molar-refractivity contribution >= 4 is 0 Å². The lowest BCUT2D eigenvalue weighted by Gasteiger charge is -2.35. The van der Waals surface area contributed by atoms with Crippen molar-refractivity contribution in [1.29, 1.82) is 5.26 Å². The van der Waals surface area contributed by atoms with E-state index in [2.05, 4.69) is 13.0 Å². The average Bonchev–Trinajstić information content (AvgIpc) is 2.62. The van der Waals surface area contributed by atoms with Crippen LogP contribution in [-0.2, 0) is 5.41 Å². The number of nitriles is 1. The molecule has 132 valence electrons. The molecule has 0 saturated heterocycles. The second-order valence-electron chi connectivity index (χ2n) is 7.19. The number of rotatable bonds is 8. The molecule has 24 heavy (non-hydrogen) atoms. The van der Waals surface area contributed by atoms with Crippen LogP contribution >= 0.6 is 0 Å². The van der Waals surface area contributed by atoms with E-state index >= 15 is 0 Å². The van der Waals surface area contributed by atoms with Gasteiger partial charge in [-0.3, -0.25) is 0 Å². The van der Waals surface area contributed by atoms with Crippen LogP contribution in [0.4, 0.5) is 4.39 Å². The summed E-state index contributed by atoms with van der Waals surface area (Å²) in [4.78, 5) is 0. The summed E-state index contributed by atoms with van der Waals surface area (Å²) in [6, 6.07) is 7.33. The summed E-state index contributed by atoms with van der Waals surface area (Å²) in [7, 11) is 1.53. The van der Waals surface area contributed by atoms with Gasteiger partial charge >= 0.3 is 0 Å². The Bertz CT molecular complexity index is 555. The fraction of sp³-hybridized carbons (Fsp3) is 0.667. The minimum absolute atomic E-state index is 0.311. The van der Waals surface area contributed by atoms with Crippen molar-refractivity contribution in [2.75, 3.05) is 7.11 Å². The molecule has 0 N–H and O–H groups in total. The van der Waals surface area contributed by atoms with Crippen LogP contribution in [0.2, 0.25) is 0 Å². The molecule has 3 heteroatoms. The molecule has 1 aliphatic carbocycles. The van der Waals surface area contributed by atoms with Crippen molar-refractivity contribution in [2.45, 2.75) is 76.5 Å². The Kier molecular flexibility index (Phi) is 7.09. The first-order chi connectivity index (χ1) is 11.6. The maximum Gasteiger partial charge on any atom is 0.131 e. The number of methoxy groups -OCH3 is 1. The number of unbranched alkanes of at least 4 members (excludes halogenated alkanes) is 4. The van der Waals surface area contributed by atoms with Gasteiger partial charge in [-0.25, -0.2) is 4.39 Å². The van der Waals surface area contributed by atoms with Gasteiger partial charge in [0.2, 0.25) is 0 Å². The predicted octanol–water partition coefficient (Wildman–Crippen LogP) is 6.15. The van der Waals surface area contributed by atoms with Crippen LogP contribution in [0.15, 0.2) is 18.2 Å². The van der Waals surface area contributed by atoms with Gasteiger partial charge in [0.25, 0.3) is 0 Å². The molecule has 0 bridgehead atoms. The molecule has 2 nitrogen and oxygen atoms in total. The fourth-order valence-corrected chi connectivity index (χ4v) is 3.95. The monoisotopic (exact) mass is 331 g/mol. The van der Waals surface area contributed by atoms with E-state index in [1.54, 1.807) is 12.1 Å². The first-order valence-corrected chi connectivity index (χ1v) is 9.40. The van der Waals surface area contributed by atoms with E-state index in [1.165, 1.54) is 51.7 Å². The molecule has 2 rings (SSSR count). The molecular weight excluding hydrogens is 301 g/mol. The van der Waals surface area contributed by atoms with Crippen LogP contribution in [0.25, 0.3) is 0 Å². The van der Waals surface area contributed by atoms with E-state index in [1.807, 2.05) is 0 Å². The average molecular weight is 331 g/mol. The first-order valence-electron chi connectivity index (χ1n) is 9.40. The van der Waals surface area contributed by atoms with Crippen molar-refractivity contribution in [2.24, 2.45) is 5.92 Å². The third kappa shape index (κ3) is 4.50. The quantitative estimate of drug-likeness (QED) is 0.535. The van der Waals surface area contributed by atoms with Gasteiger partial charge in [-0.2, -0.15) is 5.26 Å². The molecule has 1 fully saturated rings. The predicted molar refractivity (Wildman–Crippen MR) is 95.6 cm³/mol. The third-order valence-corrected chi connectivity index (χ3v) is 5.58. The smallest absolute Gasteiger partial charge is 0.131 e. The topological polar surface area (TPSA) is 33.0 Å². The molecule has 0 atom stereocenters. The largest absolute Gasteiger partial charge is 0.497 e. The van der Waals surface area contributed by atoms with Gasteiger partial charge in [0.05, 0.1) is 18.6 Å². The van der Waals surface area contributed by atoms with Crippen molar-refractivity contribution < 1.29 is 9.13 Å². The SMILES string of the molecule is CCCCCCCC1CCC(C#N)(c2ccc(OC)cc2F)CC1. The van der Waals surface area contributed by atoms with E-state index in [9.17, 15) is 9.65 Å². The Morgan fingerprint density at radius 3 is 2.50 bits per heavy atom. The highest BCUT2D eigenvalue weighted by atomic mass is 19.1. The Labute approximate surface area is 146 Å². The van der Waals surface area contributed by atoms with E-state index < -0.39 is 5.41 Å². The van der Waals surface area contributed by atoms with Crippen molar-refractivity contribution in [3.05, 3.63) is 29.6 Å². The summed E-state index contributed by atoms with van der Waals surface area (Å²) in [6.45, 7) is 2.24. The number of ether oxygens (including phenoxy) is 1. The zero-order valence-electron chi connectivity index (χ0n) is 15.1. The summed E-state index contributed by atoms with van der Waals surface area (Å²) < 4.78 is 19.5. The second kappa shape index (κ2) is 9.06. The normalized spacial score (nSPS) is 23.7. The Balaban J connectivity index is 1.93. The summed E-state index contributed by atoms with van der Waals surface area (Å²) in [5.41, 5.74) is -0.109. The zero-order valence-corrected chi connectivity index (χ0v) is 15.1. The van der Waals surface area contributed by atoms with E-state index in [0.717, 1.165) is 25.7 Å². The van der Waals surface area contributed by atoms with E-state index in [4.69, 9.17) is 4.74 Å². The Morgan fingerprint density at radius 1 is 1.21 bits per heavy atom. The van der Waals surface area contributed by atoms with Gasteiger partial charge in [0.1, 0.15) is 11.6 Å². The summed E-state index contributed by atoms with van der Waals surface area (Å²) >= 11 is 0. The molecule has 1 saturated carbocycles. The molecule has 0 unspecified atom stereocenters. The maximum atomic E-state index is 14.4. The van der Waals surface area contributed by atoms with Crippen LogP contribution in [0.1, 0.15) is 76.7 Å². The molecule has 0 heterocycles. The highest BCUT2D eigenvalue weighted by Crippen LogP contribution is 2.43. The number of benzene rings is 1. The van der Waals surface area contributed by atoms with Gasteiger partial charge in [0, 0.05) is 11.6 Å². The van der Waals surface area contributed by atoms with Crippen LogP contribution in [0.5, 0.6) is 5.75 Å². The van der Waals surface area contributed by atoms with Crippen molar-refractivity contribution in [3.63, 3.8) is 0 Å². The Morgan fingerprint density at radius 2 is 1.92 bits per heavy atom. The van der Waals surface area contributed by atoms with E-state index in [-0.39, 0.29) is 5.82 Å². The van der Waals surface area contributed by atoms with Crippen LogP contribution in [0.3, 0.4) is 0 Å². The summed E-state index contributed by atoms with van der Waals surface area (Å²) in [5, 5.41) is 9.76. The van der Waals surface area contributed by atoms with Gasteiger partial charge in [-0.05, 0) is 37.7 Å². The fourth-order valence-electron chi connectivity index (χ4n) is 3.95.